The first kappa shape index (κ1) is 21.3. The molecule has 1 unspecified atom stereocenters. The Morgan fingerprint density at radius 2 is 1.83 bits per heavy atom. The fourth-order valence-corrected chi connectivity index (χ4v) is 7.46. The molecule has 4 aliphatic carbocycles. The summed E-state index contributed by atoms with van der Waals surface area (Å²) >= 11 is 0. The first-order chi connectivity index (χ1) is 13.9. The summed E-state index contributed by atoms with van der Waals surface area (Å²) in [6.07, 6.45) is 6.45. The number of ether oxygens (including phenoxy) is 1. The maximum absolute atomic E-state index is 13.1. The van der Waals surface area contributed by atoms with E-state index in [2.05, 4.69) is 6.92 Å². The highest BCUT2D eigenvalue weighted by molar-refractivity contribution is 5.99. The average molecular weight is 417 g/mol. The summed E-state index contributed by atoms with van der Waals surface area (Å²) in [4.78, 5) is 37.2. The van der Waals surface area contributed by atoms with Crippen molar-refractivity contribution < 1.29 is 29.3 Å². The second-order valence-corrected chi connectivity index (χ2v) is 10.3. The molecule has 164 valence electrons. The lowest BCUT2D eigenvalue weighted by molar-refractivity contribution is -0.170. The Bertz CT molecular complexity index is 871. The molecule has 2 N–H and O–H groups in total. The van der Waals surface area contributed by atoms with Gasteiger partial charge in [0.25, 0.3) is 0 Å². The van der Waals surface area contributed by atoms with Crippen molar-refractivity contribution in [2.45, 2.75) is 65.4 Å². The highest BCUT2D eigenvalue weighted by atomic mass is 16.5. The quantitative estimate of drug-likeness (QED) is 0.685. The number of hydrogen-bond acceptors (Lipinski definition) is 6. The van der Waals surface area contributed by atoms with Gasteiger partial charge in [-0.2, -0.15) is 0 Å². The van der Waals surface area contributed by atoms with Gasteiger partial charge in [0.05, 0.1) is 5.41 Å². The molecule has 6 heteroatoms. The summed E-state index contributed by atoms with van der Waals surface area (Å²) < 4.78 is 4.91. The van der Waals surface area contributed by atoms with Gasteiger partial charge in [-0.3, -0.25) is 14.4 Å². The first-order valence-corrected chi connectivity index (χ1v) is 11.0. The van der Waals surface area contributed by atoms with Crippen LogP contribution in [0.1, 0.15) is 59.8 Å². The number of fused-ring (bicyclic) bond motifs is 5. The summed E-state index contributed by atoms with van der Waals surface area (Å²) in [6, 6.07) is 0. The van der Waals surface area contributed by atoms with Crippen LogP contribution in [0.2, 0.25) is 0 Å². The summed E-state index contributed by atoms with van der Waals surface area (Å²) in [6.45, 7) is 6.97. The first-order valence-electron chi connectivity index (χ1n) is 11.0. The molecule has 0 saturated heterocycles. The number of allylic oxidation sites excluding steroid dienone is 3. The lowest BCUT2D eigenvalue weighted by Gasteiger charge is -2.59. The molecule has 0 aromatic rings. The summed E-state index contributed by atoms with van der Waals surface area (Å²) in [5.41, 5.74) is -1.74. The molecule has 0 heterocycles. The number of Topliss-reactive ketones (excluding diaryl/α,β-unsaturated/α-hetero) is 1. The number of carbonyl (C=O) groups is 3. The lowest BCUT2D eigenvalue weighted by atomic mass is 9.45. The van der Waals surface area contributed by atoms with Crippen molar-refractivity contribution in [2.24, 2.45) is 34.5 Å². The highest BCUT2D eigenvalue weighted by Crippen LogP contribution is 2.67. The van der Waals surface area contributed by atoms with Gasteiger partial charge < -0.3 is 14.9 Å². The molecule has 4 aliphatic rings. The number of aliphatic hydroxyl groups is 2. The molecule has 4 rings (SSSR count). The SMILES string of the molecule is CC(=O)OCC(=O)[C@@]1(O)CC[C@H]2[C@@H]3CC(C)C4=CC(O)=CC(=O)[C@]4(C)[C@H]3CC[C@@]21C. The number of rotatable bonds is 3. The second kappa shape index (κ2) is 6.78. The zero-order valence-corrected chi connectivity index (χ0v) is 18.2. The Hall–Kier alpha value is -1.95. The van der Waals surface area contributed by atoms with Crippen LogP contribution in [0.5, 0.6) is 0 Å². The van der Waals surface area contributed by atoms with Crippen molar-refractivity contribution in [3.63, 3.8) is 0 Å². The number of carbonyl (C=O) groups excluding carboxylic acids is 3. The van der Waals surface area contributed by atoms with Crippen molar-refractivity contribution in [3.8, 4) is 0 Å². The smallest absolute Gasteiger partial charge is 0.303 e. The molecule has 0 aliphatic heterocycles. The Morgan fingerprint density at radius 3 is 2.50 bits per heavy atom. The van der Waals surface area contributed by atoms with Crippen LogP contribution in [0.25, 0.3) is 0 Å². The molecule has 3 saturated carbocycles. The van der Waals surface area contributed by atoms with Gasteiger partial charge in [0, 0.05) is 18.4 Å². The van der Waals surface area contributed by atoms with E-state index in [-0.39, 0.29) is 35.2 Å². The molecule has 3 fully saturated rings. The van der Waals surface area contributed by atoms with Crippen molar-refractivity contribution in [2.75, 3.05) is 6.61 Å². The summed E-state index contributed by atoms with van der Waals surface area (Å²) in [7, 11) is 0. The van der Waals surface area contributed by atoms with Gasteiger partial charge in [0.1, 0.15) is 11.4 Å². The van der Waals surface area contributed by atoms with E-state index in [1.807, 2.05) is 13.8 Å². The van der Waals surface area contributed by atoms with Crippen LogP contribution in [0.3, 0.4) is 0 Å². The van der Waals surface area contributed by atoms with Crippen LogP contribution in [-0.2, 0) is 19.1 Å². The van der Waals surface area contributed by atoms with E-state index in [0.717, 1.165) is 24.8 Å². The molecular formula is C24H32O6. The predicted molar refractivity (Wildman–Crippen MR) is 109 cm³/mol. The summed E-state index contributed by atoms with van der Waals surface area (Å²) in [5, 5.41) is 21.5. The normalized spacial score (nSPS) is 44.9. The van der Waals surface area contributed by atoms with Gasteiger partial charge >= 0.3 is 5.97 Å². The third kappa shape index (κ3) is 2.68. The molecule has 0 bridgehead atoms. The maximum atomic E-state index is 13.1. The van der Waals surface area contributed by atoms with Gasteiger partial charge in [0.2, 0.25) is 5.78 Å². The van der Waals surface area contributed by atoms with E-state index in [9.17, 15) is 24.6 Å². The van der Waals surface area contributed by atoms with Crippen molar-refractivity contribution in [3.05, 3.63) is 23.5 Å². The van der Waals surface area contributed by atoms with Crippen LogP contribution in [0, 0.1) is 34.5 Å². The van der Waals surface area contributed by atoms with Crippen LogP contribution >= 0.6 is 0 Å². The molecule has 0 aromatic carbocycles. The molecule has 0 amide bonds. The zero-order chi connectivity index (χ0) is 22.1. The molecule has 0 spiro atoms. The standard InChI is InChI=1S/C24H32O6/c1-13-9-16-17-6-8-24(29,21(28)12-30-14(2)25)22(17,3)7-5-18(16)23(4)19(13)10-15(26)11-20(23)27/h10-11,13,16-18,26,29H,5-9,12H2,1-4H3/t13?,16-,17-,18-,22-,23+,24-/m0/s1. The fraction of sp³-hybridized carbons (Fsp3) is 0.708. The molecular weight excluding hydrogens is 384 g/mol. The molecule has 7 atom stereocenters. The monoisotopic (exact) mass is 416 g/mol. The van der Waals surface area contributed by atoms with E-state index in [4.69, 9.17) is 4.74 Å². The Labute approximate surface area is 177 Å². The molecule has 0 radical (unpaired) electrons. The van der Waals surface area contributed by atoms with E-state index >= 15 is 0 Å². The van der Waals surface area contributed by atoms with Gasteiger partial charge in [-0.15, -0.1) is 0 Å². The van der Waals surface area contributed by atoms with Crippen LogP contribution in [0.4, 0.5) is 0 Å². The van der Waals surface area contributed by atoms with E-state index in [1.165, 1.54) is 13.0 Å². The third-order valence-electron chi connectivity index (χ3n) is 9.05. The molecule has 30 heavy (non-hydrogen) atoms. The maximum Gasteiger partial charge on any atom is 0.303 e. The molecule has 6 nitrogen and oxygen atoms in total. The highest BCUT2D eigenvalue weighted by Gasteiger charge is 2.67. The van der Waals surface area contributed by atoms with Gasteiger partial charge in [-0.1, -0.05) is 13.8 Å². The minimum absolute atomic E-state index is 0.0322. The third-order valence-corrected chi connectivity index (χ3v) is 9.05. The largest absolute Gasteiger partial charge is 0.508 e. The Kier molecular flexibility index (Phi) is 4.81. The van der Waals surface area contributed by atoms with Crippen LogP contribution < -0.4 is 0 Å². The second-order valence-electron chi connectivity index (χ2n) is 10.3. The topological polar surface area (TPSA) is 101 Å². The van der Waals surface area contributed by atoms with Gasteiger partial charge in [-0.05, 0) is 74.3 Å². The van der Waals surface area contributed by atoms with Crippen LogP contribution in [0.15, 0.2) is 23.5 Å². The average Bonchev–Trinajstić information content (AvgIpc) is 2.94. The number of hydrogen-bond donors (Lipinski definition) is 2. The van der Waals surface area contributed by atoms with Crippen molar-refractivity contribution in [1.82, 2.24) is 0 Å². The lowest BCUT2D eigenvalue weighted by Crippen LogP contribution is -2.59. The van der Waals surface area contributed by atoms with Crippen LogP contribution in [-0.4, -0.2) is 40.0 Å². The van der Waals surface area contributed by atoms with Gasteiger partial charge in [0.15, 0.2) is 12.4 Å². The van der Waals surface area contributed by atoms with Gasteiger partial charge in [-0.25, -0.2) is 0 Å². The molecule has 0 aromatic heterocycles. The number of esters is 1. The predicted octanol–water partition coefficient (Wildman–Crippen LogP) is 3.29. The number of aliphatic hydroxyl groups excluding tert-OH is 1. The number of ketones is 2. The van der Waals surface area contributed by atoms with Crippen molar-refractivity contribution in [1.29, 1.82) is 0 Å². The zero-order valence-electron chi connectivity index (χ0n) is 18.2. The fourth-order valence-electron chi connectivity index (χ4n) is 7.46. The van der Waals surface area contributed by atoms with E-state index < -0.39 is 34.8 Å². The minimum Gasteiger partial charge on any atom is -0.508 e. The summed E-state index contributed by atoms with van der Waals surface area (Å²) in [5.74, 6) is -0.352. The Morgan fingerprint density at radius 1 is 1.17 bits per heavy atom. The van der Waals surface area contributed by atoms with E-state index in [1.54, 1.807) is 6.08 Å². The van der Waals surface area contributed by atoms with Crippen molar-refractivity contribution >= 4 is 17.5 Å². The minimum atomic E-state index is -1.51. The van der Waals surface area contributed by atoms with E-state index in [0.29, 0.717) is 12.8 Å². The Balaban J connectivity index is 1.67.